The number of phenols is 1. The molecule has 0 saturated heterocycles. The van der Waals surface area contributed by atoms with E-state index >= 15 is 0 Å². The Balaban J connectivity index is 1.75. The van der Waals surface area contributed by atoms with E-state index < -0.39 is 35.8 Å². The molecule has 0 radical (unpaired) electrons. The fourth-order valence-corrected chi connectivity index (χ4v) is 5.15. The Kier molecular flexibility index (Phi) is 8.72. The first-order chi connectivity index (χ1) is 20.2. The number of hydrogen-bond donors (Lipinski definition) is 6. The fraction of sp³-hybridized carbons (Fsp3) is 0.115. The summed E-state index contributed by atoms with van der Waals surface area (Å²) >= 11 is 0. The minimum atomic E-state index is -4.86. The number of aromatic hydroxyl groups is 1. The predicted molar refractivity (Wildman–Crippen MR) is 159 cm³/mol. The fourth-order valence-electron chi connectivity index (χ4n) is 3.97. The molecule has 15 nitrogen and oxygen atoms in total. The maximum atomic E-state index is 12.2. The monoisotopic (exact) mass is 627 g/mol. The van der Waals surface area contributed by atoms with Crippen LogP contribution in [0.3, 0.4) is 0 Å². The molecule has 4 aromatic rings. The molecule has 0 aromatic heterocycles. The van der Waals surface area contributed by atoms with E-state index in [9.17, 15) is 35.8 Å². The molecule has 0 saturated carbocycles. The number of nitrogen functional groups attached to an aromatic ring is 1. The summed E-state index contributed by atoms with van der Waals surface area (Å²) in [6, 6.07) is 13.1. The first-order valence-corrected chi connectivity index (χ1v) is 15.2. The largest absolute Gasteiger partial charge is 0.507 e. The van der Waals surface area contributed by atoms with Crippen LogP contribution < -0.4 is 16.4 Å². The second kappa shape index (κ2) is 12.1. The summed E-state index contributed by atoms with van der Waals surface area (Å²) in [4.78, 5) is 10.4. The van der Waals surface area contributed by atoms with Gasteiger partial charge in [0.1, 0.15) is 27.7 Å². The van der Waals surface area contributed by atoms with E-state index in [0.29, 0.717) is 12.2 Å². The molecule has 4 aromatic carbocycles. The molecule has 0 unspecified atom stereocenters. The van der Waals surface area contributed by atoms with E-state index in [1.54, 1.807) is 18.2 Å². The molecule has 224 valence electrons. The van der Waals surface area contributed by atoms with Gasteiger partial charge in [-0.25, -0.2) is 0 Å². The van der Waals surface area contributed by atoms with E-state index in [0.717, 1.165) is 23.9 Å². The Morgan fingerprint density at radius 3 is 2.21 bits per heavy atom. The zero-order valence-corrected chi connectivity index (χ0v) is 24.2. The van der Waals surface area contributed by atoms with Gasteiger partial charge in [0.2, 0.25) is 5.91 Å². The first-order valence-electron chi connectivity index (χ1n) is 12.3. The lowest BCUT2D eigenvalue weighted by Crippen LogP contribution is -2.06. The molecular formula is C26H25N7O8S2. The number of hydrogen-bond acceptors (Lipinski definition) is 12. The first kappa shape index (κ1) is 31.0. The van der Waals surface area contributed by atoms with Gasteiger partial charge in [-0.15, -0.1) is 15.3 Å². The highest BCUT2D eigenvalue weighted by Gasteiger charge is 2.19. The number of fused-ring (bicyclic) bond motifs is 1. The SMILES string of the molecule is CCNc1ccc(N=Nc2ccc(N=Nc3c(N)ccc4cc(S(=O)(=O)O)cc(O)c34)c(S(=O)(=O)O)c2)c(NC(C)=O)c1. The minimum absolute atomic E-state index is 0.000103. The van der Waals surface area contributed by atoms with Crippen LogP contribution in [-0.4, -0.2) is 43.5 Å². The molecule has 0 spiro atoms. The Morgan fingerprint density at radius 1 is 0.860 bits per heavy atom. The number of anilines is 3. The maximum absolute atomic E-state index is 12.2. The third kappa shape index (κ3) is 7.28. The Morgan fingerprint density at radius 2 is 1.56 bits per heavy atom. The van der Waals surface area contributed by atoms with Crippen LogP contribution in [0.25, 0.3) is 10.8 Å². The molecule has 0 heterocycles. The molecule has 43 heavy (non-hydrogen) atoms. The summed E-state index contributed by atoms with van der Waals surface area (Å²) in [7, 11) is -9.49. The number of carbonyl (C=O) groups excluding carboxylic acids is 1. The third-order valence-electron chi connectivity index (χ3n) is 5.81. The Hall–Kier alpha value is -4.97. The van der Waals surface area contributed by atoms with Crippen LogP contribution in [0.15, 0.2) is 90.9 Å². The van der Waals surface area contributed by atoms with Gasteiger partial charge in [-0.1, -0.05) is 6.07 Å². The second-order valence-electron chi connectivity index (χ2n) is 8.99. The van der Waals surface area contributed by atoms with Gasteiger partial charge >= 0.3 is 0 Å². The van der Waals surface area contributed by atoms with Crippen molar-refractivity contribution in [2.45, 2.75) is 23.6 Å². The van der Waals surface area contributed by atoms with Gasteiger partial charge in [-0.2, -0.15) is 21.9 Å². The lowest BCUT2D eigenvalue weighted by molar-refractivity contribution is -0.114. The van der Waals surface area contributed by atoms with E-state index in [4.69, 9.17) is 5.73 Å². The molecule has 1 amide bonds. The van der Waals surface area contributed by atoms with E-state index in [1.807, 2.05) is 6.92 Å². The number of nitrogens with zero attached hydrogens (tertiary/aromatic N) is 4. The van der Waals surface area contributed by atoms with Crippen molar-refractivity contribution in [2.75, 3.05) is 22.9 Å². The van der Waals surface area contributed by atoms with Crippen molar-refractivity contribution < 1.29 is 35.8 Å². The zero-order valence-electron chi connectivity index (χ0n) is 22.5. The number of rotatable bonds is 9. The van der Waals surface area contributed by atoms with E-state index in [2.05, 4.69) is 31.1 Å². The van der Waals surface area contributed by atoms with Crippen molar-refractivity contribution in [3.8, 4) is 5.75 Å². The van der Waals surface area contributed by atoms with Crippen LogP contribution in [0.2, 0.25) is 0 Å². The zero-order chi connectivity index (χ0) is 31.5. The van der Waals surface area contributed by atoms with Gasteiger partial charge in [-0.05, 0) is 60.8 Å². The number of carbonyl (C=O) groups is 1. The molecule has 17 heteroatoms. The molecule has 0 aliphatic rings. The predicted octanol–water partition coefficient (Wildman–Crippen LogP) is 5.84. The number of nitrogens with two attached hydrogens (primary N) is 1. The average molecular weight is 628 g/mol. The minimum Gasteiger partial charge on any atom is -0.507 e. The van der Waals surface area contributed by atoms with Crippen molar-refractivity contribution in [1.82, 2.24) is 0 Å². The van der Waals surface area contributed by atoms with E-state index in [1.165, 1.54) is 31.2 Å². The molecule has 7 N–H and O–H groups in total. The molecule has 0 atom stereocenters. The molecule has 0 aliphatic heterocycles. The van der Waals surface area contributed by atoms with Gasteiger partial charge < -0.3 is 21.5 Å². The molecular weight excluding hydrogens is 602 g/mol. The van der Waals surface area contributed by atoms with Gasteiger partial charge in [0.25, 0.3) is 20.2 Å². The number of benzene rings is 4. The number of nitrogens with one attached hydrogen (secondary N) is 2. The molecule has 0 aliphatic carbocycles. The summed E-state index contributed by atoms with van der Waals surface area (Å²) in [6.45, 7) is 3.88. The average Bonchev–Trinajstić information content (AvgIpc) is 2.91. The van der Waals surface area contributed by atoms with Crippen LogP contribution >= 0.6 is 0 Å². The third-order valence-corrected chi connectivity index (χ3v) is 7.53. The van der Waals surface area contributed by atoms with Gasteiger partial charge in [-0.3, -0.25) is 13.9 Å². The normalized spacial score (nSPS) is 12.3. The van der Waals surface area contributed by atoms with Crippen molar-refractivity contribution in [3.63, 3.8) is 0 Å². The molecule has 0 fully saturated rings. The summed E-state index contributed by atoms with van der Waals surface area (Å²) in [5.74, 6) is -0.929. The van der Waals surface area contributed by atoms with Crippen LogP contribution in [-0.2, 0) is 25.0 Å². The second-order valence-corrected chi connectivity index (χ2v) is 11.8. The van der Waals surface area contributed by atoms with Crippen molar-refractivity contribution in [1.29, 1.82) is 0 Å². The van der Waals surface area contributed by atoms with Crippen LogP contribution in [0.1, 0.15) is 13.8 Å². The van der Waals surface area contributed by atoms with Gasteiger partial charge in [0.15, 0.2) is 0 Å². The summed E-state index contributed by atoms with van der Waals surface area (Å²) in [5.41, 5.74) is 6.92. The molecule has 0 bridgehead atoms. The maximum Gasteiger partial charge on any atom is 0.296 e. The standard InChI is InChI=1S/C26H25N7O8S2/c1-3-28-16-5-8-20(22(11-16)29-14(2)34)31-30-17-6-9-21(24(12-17)43(39,40)41)32-33-26-19(27)7-4-15-10-18(42(36,37)38)13-23(35)25(15)26/h4-13,28,35H,3,27H2,1-2H3,(H,29,34)(H,36,37,38)(H,39,40,41). The Labute approximate surface area is 245 Å². The Bertz CT molecular complexity index is 2030. The highest BCUT2D eigenvalue weighted by Crippen LogP contribution is 2.41. The van der Waals surface area contributed by atoms with Crippen LogP contribution in [0.5, 0.6) is 5.75 Å². The van der Waals surface area contributed by atoms with Gasteiger partial charge in [0, 0.05) is 25.2 Å². The summed E-state index contributed by atoms with van der Waals surface area (Å²) in [5, 5.41) is 32.4. The van der Waals surface area contributed by atoms with Crippen molar-refractivity contribution >= 4 is 76.7 Å². The number of amides is 1. The highest BCUT2D eigenvalue weighted by molar-refractivity contribution is 7.86. The van der Waals surface area contributed by atoms with Gasteiger partial charge in [0.05, 0.1) is 27.3 Å². The highest BCUT2D eigenvalue weighted by atomic mass is 32.2. The number of phenolic OH excluding ortho intramolecular Hbond substituents is 1. The lowest BCUT2D eigenvalue weighted by atomic mass is 10.1. The lowest BCUT2D eigenvalue weighted by Gasteiger charge is -2.10. The molecule has 4 rings (SSSR count). The summed E-state index contributed by atoms with van der Waals surface area (Å²) in [6.07, 6.45) is 0. The quantitative estimate of drug-likeness (QED) is 0.0734. The number of azo groups is 2. The van der Waals surface area contributed by atoms with Crippen molar-refractivity contribution in [2.24, 2.45) is 20.5 Å². The van der Waals surface area contributed by atoms with Crippen LogP contribution in [0, 0.1) is 0 Å². The van der Waals surface area contributed by atoms with Crippen molar-refractivity contribution in [3.05, 3.63) is 60.7 Å². The summed E-state index contributed by atoms with van der Waals surface area (Å²) < 4.78 is 66.7. The smallest absolute Gasteiger partial charge is 0.296 e. The topological polar surface area (TPSA) is 246 Å². The van der Waals surface area contributed by atoms with Crippen LogP contribution in [0.4, 0.5) is 39.8 Å². The van der Waals surface area contributed by atoms with E-state index in [-0.39, 0.29) is 45.1 Å².